The largest absolute Gasteiger partial charge is 0.366 e. The van der Waals surface area contributed by atoms with Crippen LogP contribution >= 0.6 is 0 Å². The third-order valence-corrected chi connectivity index (χ3v) is 4.17. The van der Waals surface area contributed by atoms with Crippen LogP contribution in [0.2, 0.25) is 0 Å². The highest BCUT2D eigenvalue weighted by Crippen LogP contribution is 2.28. The summed E-state index contributed by atoms with van der Waals surface area (Å²) < 4.78 is 28.6. The molecule has 0 fully saturated rings. The van der Waals surface area contributed by atoms with Gasteiger partial charge in [-0.2, -0.15) is 0 Å². The van der Waals surface area contributed by atoms with E-state index >= 15 is 0 Å². The molecule has 1 aromatic heterocycles. The van der Waals surface area contributed by atoms with Gasteiger partial charge in [0, 0.05) is 17.5 Å². The number of nitrogens with one attached hydrogen (secondary N) is 2. The first-order valence-corrected chi connectivity index (χ1v) is 8.34. The number of anilines is 1. The van der Waals surface area contributed by atoms with Crippen molar-refractivity contribution in [2.24, 2.45) is 5.73 Å². The predicted octanol–water partition coefficient (Wildman–Crippen LogP) is 2.69. The van der Waals surface area contributed by atoms with Gasteiger partial charge in [0.25, 0.3) is 5.91 Å². The second-order valence-corrected chi connectivity index (χ2v) is 6.08. The number of aryl methyl sites for hydroxylation is 1. The summed E-state index contributed by atoms with van der Waals surface area (Å²) in [4.78, 5) is 20.4. The van der Waals surface area contributed by atoms with Crippen molar-refractivity contribution in [2.75, 3.05) is 18.9 Å². The Kier molecular flexibility index (Phi) is 5.27. The number of likely N-dealkylation sites (N-methyl/N-ethyl adjacent to an activating group) is 1. The van der Waals surface area contributed by atoms with Crippen LogP contribution in [-0.2, 0) is 0 Å². The molecule has 0 saturated heterocycles. The lowest BCUT2D eigenvalue weighted by Gasteiger charge is -2.22. The van der Waals surface area contributed by atoms with Crippen LogP contribution in [0.3, 0.4) is 0 Å². The van der Waals surface area contributed by atoms with Crippen LogP contribution in [0.15, 0.2) is 36.4 Å². The lowest BCUT2D eigenvalue weighted by atomic mass is 10.0. The Morgan fingerprint density at radius 3 is 2.44 bits per heavy atom. The highest BCUT2D eigenvalue weighted by molar-refractivity contribution is 6.07. The monoisotopic (exact) mass is 371 g/mol. The third-order valence-electron chi connectivity index (χ3n) is 4.17. The standard InChI is InChI=1S/C19H19F2N5O/c1-10-24-17-11(18(22)27)5-3-6-12(17)19(25-10)26-15(9-23-2)16-13(20)7-4-8-14(16)21/h3-8,15,23H,9H2,1-2H3,(H2,22,27)(H,24,25,26). The van der Waals surface area contributed by atoms with E-state index in [0.717, 1.165) is 0 Å². The Morgan fingerprint density at radius 2 is 1.81 bits per heavy atom. The van der Waals surface area contributed by atoms with Crippen molar-refractivity contribution in [1.29, 1.82) is 0 Å². The number of hydrogen-bond acceptors (Lipinski definition) is 5. The molecule has 2 aromatic carbocycles. The van der Waals surface area contributed by atoms with Crippen molar-refractivity contribution in [2.45, 2.75) is 13.0 Å². The molecule has 0 saturated carbocycles. The first-order valence-electron chi connectivity index (χ1n) is 8.34. The van der Waals surface area contributed by atoms with Crippen molar-refractivity contribution < 1.29 is 13.6 Å². The van der Waals surface area contributed by atoms with E-state index in [1.54, 1.807) is 32.2 Å². The highest BCUT2D eigenvalue weighted by Gasteiger charge is 2.22. The molecule has 6 nitrogen and oxygen atoms in total. The van der Waals surface area contributed by atoms with Crippen molar-refractivity contribution in [3.05, 3.63) is 65.0 Å². The van der Waals surface area contributed by atoms with Gasteiger partial charge in [-0.25, -0.2) is 18.7 Å². The molecule has 1 atom stereocenters. The fourth-order valence-electron chi connectivity index (χ4n) is 3.01. The molecule has 4 N–H and O–H groups in total. The molecular formula is C19H19F2N5O. The summed E-state index contributed by atoms with van der Waals surface area (Å²) >= 11 is 0. The molecule has 1 heterocycles. The maximum Gasteiger partial charge on any atom is 0.250 e. The van der Waals surface area contributed by atoms with E-state index in [-0.39, 0.29) is 17.7 Å². The molecule has 1 unspecified atom stereocenters. The summed E-state index contributed by atoms with van der Waals surface area (Å²) in [5, 5.41) is 6.54. The molecule has 8 heteroatoms. The highest BCUT2D eigenvalue weighted by atomic mass is 19.1. The minimum absolute atomic E-state index is 0.0951. The van der Waals surface area contributed by atoms with Gasteiger partial charge in [-0.3, -0.25) is 4.79 Å². The number of hydrogen-bond donors (Lipinski definition) is 3. The molecule has 3 rings (SSSR count). The second kappa shape index (κ2) is 7.63. The molecular weight excluding hydrogens is 352 g/mol. The van der Waals surface area contributed by atoms with Gasteiger partial charge in [0.05, 0.1) is 17.1 Å². The maximum atomic E-state index is 14.3. The summed E-state index contributed by atoms with van der Waals surface area (Å²) in [5.41, 5.74) is 5.98. The van der Waals surface area contributed by atoms with E-state index in [9.17, 15) is 13.6 Å². The van der Waals surface area contributed by atoms with Gasteiger partial charge in [-0.1, -0.05) is 12.1 Å². The van der Waals surface area contributed by atoms with Gasteiger partial charge in [0.15, 0.2) is 0 Å². The summed E-state index contributed by atoms with van der Waals surface area (Å²) in [7, 11) is 1.68. The first-order chi connectivity index (χ1) is 12.9. The minimum Gasteiger partial charge on any atom is -0.366 e. The lowest BCUT2D eigenvalue weighted by molar-refractivity contribution is 0.100. The Morgan fingerprint density at radius 1 is 1.15 bits per heavy atom. The summed E-state index contributed by atoms with van der Waals surface area (Å²) in [6.07, 6.45) is 0. The van der Waals surface area contributed by atoms with Crippen molar-refractivity contribution in [1.82, 2.24) is 15.3 Å². The van der Waals surface area contributed by atoms with Crippen LogP contribution in [0.1, 0.15) is 27.8 Å². The fourth-order valence-corrected chi connectivity index (χ4v) is 3.01. The number of primary amides is 1. The average molecular weight is 371 g/mol. The van der Waals surface area contributed by atoms with Gasteiger partial charge in [-0.05, 0) is 38.2 Å². The molecule has 0 radical (unpaired) electrons. The number of para-hydroxylation sites is 1. The van der Waals surface area contributed by atoms with Crippen molar-refractivity contribution in [3.63, 3.8) is 0 Å². The number of aromatic nitrogens is 2. The zero-order valence-corrected chi connectivity index (χ0v) is 14.9. The van der Waals surface area contributed by atoms with Crippen molar-refractivity contribution >= 4 is 22.6 Å². The number of fused-ring (bicyclic) bond motifs is 1. The Labute approximate surface area is 154 Å². The van der Waals surface area contributed by atoms with Gasteiger partial charge in [-0.15, -0.1) is 0 Å². The Balaban J connectivity index is 2.14. The van der Waals surface area contributed by atoms with Crippen LogP contribution in [-0.4, -0.2) is 29.5 Å². The van der Waals surface area contributed by atoms with E-state index in [2.05, 4.69) is 20.6 Å². The summed E-state index contributed by atoms with van der Waals surface area (Å²) in [6, 6.07) is 7.94. The molecule has 140 valence electrons. The molecule has 1 amide bonds. The molecule has 0 aliphatic rings. The summed E-state index contributed by atoms with van der Waals surface area (Å²) in [6.45, 7) is 1.91. The van der Waals surface area contributed by atoms with E-state index in [1.165, 1.54) is 18.2 Å². The molecule has 27 heavy (non-hydrogen) atoms. The van der Waals surface area contributed by atoms with Crippen LogP contribution in [0, 0.1) is 18.6 Å². The second-order valence-electron chi connectivity index (χ2n) is 6.08. The number of nitrogens with zero attached hydrogens (tertiary/aromatic N) is 2. The number of nitrogens with two attached hydrogens (primary N) is 1. The predicted molar refractivity (Wildman–Crippen MR) is 99.4 cm³/mol. The molecule has 0 spiro atoms. The number of rotatable bonds is 6. The van der Waals surface area contributed by atoms with Crippen LogP contribution in [0.5, 0.6) is 0 Å². The van der Waals surface area contributed by atoms with Gasteiger partial charge >= 0.3 is 0 Å². The van der Waals surface area contributed by atoms with Gasteiger partial charge in [0.2, 0.25) is 0 Å². The number of benzene rings is 2. The first kappa shape index (κ1) is 18.7. The van der Waals surface area contributed by atoms with E-state index in [0.29, 0.717) is 22.5 Å². The SMILES string of the molecule is CNCC(Nc1nc(C)nc2c(C(N)=O)cccc12)c1c(F)cccc1F. The van der Waals surface area contributed by atoms with Crippen LogP contribution < -0.4 is 16.4 Å². The fraction of sp³-hybridized carbons (Fsp3) is 0.211. The molecule has 0 aliphatic heterocycles. The van der Waals surface area contributed by atoms with Gasteiger partial charge in [0.1, 0.15) is 23.3 Å². The average Bonchev–Trinajstić information content (AvgIpc) is 2.61. The van der Waals surface area contributed by atoms with E-state index < -0.39 is 23.6 Å². The summed E-state index contributed by atoms with van der Waals surface area (Å²) in [5.74, 6) is -1.16. The smallest absolute Gasteiger partial charge is 0.250 e. The number of amides is 1. The normalized spacial score (nSPS) is 12.1. The zero-order chi connectivity index (χ0) is 19.6. The number of carbonyl (C=O) groups is 1. The van der Waals surface area contributed by atoms with Crippen LogP contribution in [0.25, 0.3) is 10.9 Å². The lowest BCUT2D eigenvalue weighted by Crippen LogP contribution is -2.26. The minimum atomic E-state index is -0.731. The quantitative estimate of drug-likeness (QED) is 0.620. The van der Waals surface area contributed by atoms with E-state index in [4.69, 9.17) is 5.73 Å². The maximum absolute atomic E-state index is 14.3. The Bertz CT molecular complexity index is 989. The Hall–Kier alpha value is -3.13. The number of halogens is 2. The van der Waals surface area contributed by atoms with Crippen molar-refractivity contribution in [3.8, 4) is 0 Å². The topological polar surface area (TPSA) is 92.9 Å². The molecule has 0 bridgehead atoms. The van der Waals surface area contributed by atoms with Gasteiger partial charge < -0.3 is 16.4 Å². The third kappa shape index (κ3) is 3.70. The molecule has 3 aromatic rings. The van der Waals surface area contributed by atoms with Crippen LogP contribution in [0.4, 0.5) is 14.6 Å². The molecule has 0 aliphatic carbocycles. The zero-order valence-electron chi connectivity index (χ0n) is 14.9. The number of carbonyl (C=O) groups excluding carboxylic acids is 1. The van der Waals surface area contributed by atoms with E-state index in [1.807, 2.05) is 0 Å².